The van der Waals surface area contributed by atoms with Gasteiger partial charge in [0.15, 0.2) is 0 Å². The summed E-state index contributed by atoms with van der Waals surface area (Å²) in [4.78, 5) is 2.11. The monoisotopic (exact) mass is 231 g/mol. The molecule has 1 saturated carbocycles. The van der Waals surface area contributed by atoms with Crippen LogP contribution in [0, 0.1) is 5.92 Å². The van der Waals surface area contributed by atoms with Crippen molar-refractivity contribution in [3.63, 3.8) is 0 Å². The first-order chi connectivity index (χ1) is 8.18. The van der Waals surface area contributed by atoms with Crippen LogP contribution in [0.4, 0.5) is 0 Å². The van der Waals surface area contributed by atoms with Crippen LogP contribution in [-0.2, 0) is 0 Å². The molecule has 0 heterocycles. The van der Waals surface area contributed by atoms with Crippen molar-refractivity contribution in [2.75, 3.05) is 20.6 Å². The Morgan fingerprint density at radius 2 is 2.00 bits per heavy atom. The Hall–Kier alpha value is -1.12. The van der Waals surface area contributed by atoms with Gasteiger partial charge < -0.3 is 10.0 Å². The van der Waals surface area contributed by atoms with Gasteiger partial charge in [-0.3, -0.25) is 0 Å². The third kappa shape index (κ3) is 3.42. The van der Waals surface area contributed by atoms with E-state index in [9.17, 15) is 5.11 Å². The average Bonchev–Trinajstić information content (AvgIpc) is 3.14. The molecule has 1 aliphatic carbocycles. The first kappa shape index (κ1) is 12.3. The lowest BCUT2D eigenvalue weighted by Crippen LogP contribution is -2.16. The second-order valence-corrected chi connectivity index (χ2v) is 5.07. The third-order valence-electron chi connectivity index (χ3n) is 3.17. The maximum atomic E-state index is 10.3. The summed E-state index contributed by atoms with van der Waals surface area (Å²) in [6.07, 6.45) is 4.18. The van der Waals surface area contributed by atoms with Gasteiger partial charge in [0.2, 0.25) is 0 Å². The van der Waals surface area contributed by atoms with E-state index in [-0.39, 0.29) is 6.10 Å². The lowest BCUT2D eigenvalue weighted by Gasteiger charge is -2.16. The molecule has 1 atom stereocenters. The van der Waals surface area contributed by atoms with Crippen LogP contribution in [0.3, 0.4) is 0 Å². The molecular weight excluding hydrogens is 210 g/mol. The fraction of sp³-hybridized carbons (Fsp3) is 0.467. The number of nitrogens with zero attached hydrogens (tertiary/aromatic N) is 1. The molecule has 1 fully saturated rings. The van der Waals surface area contributed by atoms with Crippen molar-refractivity contribution in [3.05, 3.63) is 42.0 Å². The SMILES string of the molecule is CN(C)C/C=C(\c1ccccc1)C(O)C1CC1. The molecule has 0 radical (unpaired) electrons. The van der Waals surface area contributed by atoms with E-state index in [1.165, 1.54) is 0 Å². The highest BCUT2D eigenvalue weighted by atomic mass is 16.3. The van der Waals surface area contributed by atoms with E-state index in [4.69, 9.17) is 0 Å². The van der Waals surface area contributed by atoms with Gasteiger partial charge in [-0.2, -0.15) is 0 Å². The average molecular weight is 231 g/mol. The Balaban J connectivity index is 2.20. The van der Waals surface area contributed by atoms with Crippen molar-refractivity contribution in [2.24, 2.45) is 5.92 Å². The predicted octanol–water partition coefficient (Wildman–Crippen LogP) is 2.40. The van der Waals surface area contributed by atoms with E-state index < -0.39 is 0 Å². The zero-order valence-electron chi connectivity index (χ0n) is 10.6. The summed E-state index contributed by atoms with van der Waals surface area (Å²) in [5.74, 6) is 0.476. The Morgan fingerprint density at radius 3 is 2.53 bits per heavy atom. The van der Waals surface area contributed by atoms with E-state index in [0.717, 1.165) is 30.5 Å². The molecule has 2 nitrogen and oxygen atoms in total. The molecule has 2 heteroatoms. The largest absolute Gasteiger partial charge is 0.388 e. The van der Waals surface area contributed by atoms with Crippen LogP contribution in [-0.4, -0.2) is 36.8 Å². The molecule has 2 rings (SSSR count). The Morgan fingerprint density at radius 1 is 1.35 bits per heavy atom. The van der Waals surface area contributed by atoms with Crippen molar-refractivity contribution in [1.29, 1.82) is 0 Å². The molecule has 0 aromatic heterocycles. The standard InChI is InChI=1S/C15H21NO/c1-16(2)11-10-14(15(17)13-8-9-13)12-6-4-3-5-7-12/h3-7,10,13,15,17H,8-9,11H2,1-2H3/b14-10+. The molecule has 17 heavy (non-hydrogen) atoms. The van der Waals surface area contributed by atoms with E-state index in [1.54, 1.807) is 0 Å². The Bertz CT molecular complexity index is 379. The molecule has 0 amide bonds. The smallest absolute Gasteiger partial charge is 0.0821 e. The van der Waals surface area contributed by atoms with Crippen LogP contribution >= 0.6 is 0 Å². The first-order valence-corrected chi connectivity index (χ1v) is 6.26. The van der Waals surface area contributed by atoms with Crippen LogP contribution in [0.25, 0.3) is 5.57 Å². The third-order valence-corrected chi connectivity index (χ3v) is 3.17. The lowest BCUT2D eigenvalue weighted by molar-refractivity contribution is 0.208. The molecular formula is C15H21NO. The number of likely N-dealkylation sites (N-methyl/N-ethyl adjacent to an activating group) is 1. The van der Waals surface area contributed by atoms with Gasteiger partial charge in [-0.15, -0.1) is 0 Å². The molecule has 0 spiro atoms. The lowest BCUT2D eigenvalue weighted by atomic mass is 9.97. The zero-order valence-corrected chi connectivity index (χ0v) is 10.6. The molecule has 1 unspecified atom stereocenters. The Kier molecular flexibility index (Phi) is 3.97. The minimum Gasteiger partial charge on any atom is -0.388 e. The summed E-state index contributed by atoms with van der Waals surface area (Å²) in [7, 11) is 4.09. The summed E-state index contributed by atoms with van der Waals surface area (Å²) in [5, 5.41) is 10.3. The summed E-state index contributed by atoms with van der Waals surface area (Å²) in [6, 6.07) is 10.2. The summed E-state index contributed by atoms with van der Waals surface area (Å²) < 4.78 is 0. The van der Waals surface area contributed by atoms with E-state index in [1.807, 2.05) is 32.3 Å². The molecule has 92 valence electrons. The molecule has 1 aromatic carbocycles. The van der Waals surface area contributed by atoms with Gasteiger partial charge >= 0.3 is 0 Å². The maximum Gasteiger partial charge on any atom is 0.0821 e. The highest BCUT2D eigenvalue weighted by Gasteiger charge is 2.32. The highest BCUT2D eigenvalue weighted by Crippen LogP contribution is 2.38. The quantitative estimate of drug-likeness (QED) is 0.841. The van der Waals surface area contributed by atoms with Gasteiger partial charge in [0, 0.05) is 6.54 Å². The van der Waals surface area contributed by atoms with Crippen LogP contribution in [0.5, 0.6) is 0 Å². The van der Waals surface area contributed by atoms with Crippen LogP contribution < -0.4 is 0 Å². The van der Waals surface area contributed by atoms with Crippen molar-refractivity contribution in [1.82, 2.24) is 4.90 Å². The van der Waals surface area contributed by atoms with E-state index in [2.05, 4.69) is 23.1 Å². The fourth-order valence-corrected chi connectivity index (χ4v) is 1.99. The van der Waals surface area contributed by atoms with Crippen LogP contribution in [0.15, 0.2) is 36.4 Å². The normalized spacial score (nSPS) is 18.5. The zero-order chi connectivity index (χ0) is 12.3. The molecule has 1 N–H and O–H groups in total. The predicted molar refractivity (Wildman–Crippen MR) is 71.7 cm³/mol. The number of hydrogen-bond acceptors (Lipinski definition) is 2. The van der Waals surface area contributed by atoms with Gasteiger partial charge in [-0.1, -0.05) is 36.4 Å². The van der Waals surface area contributed by atoms with Gasteiger partial charge in [0.1, 0.15) is 0 Å². The van der Waals surface area contributed by atoms with Crippen molar-refractivity contribution < 1.29 is 5.11 Å². The molecule has 0 saturated heterocycles. The summed E-state index contributed by atoms with van der Waals surface area (Å²) in [6.45, 7) is 0.869. The number of hydrogen-bond donors (Lipinski definition) is 1. The number of aliphatic hydroxyl groups is 1. The van der Waals surface area contributed by atoms with Gasteiger partial charge in [-0.05, 0) is 44.0 Å². The van der Waals surface area contributed by atoms with Gasteiger partial charge in [-0.25, -0.2) is 0 Å². The van der Waals surface area contributed by atoms with E-state index in [0.29, 0.717) is 5.92 Å². The van der Waals surface area contributed by atoms with Crippen molar-refractivity contribution >= 4 is 5.57 Å². The topological polar surface area (TPSA) is 23.5 Å². The molecule has 0 bridgehead atoms. The number of benzene rings is 1. The van der Waals surface area contributed by atoms with Crippen molar-refractivity contribution in [2.45, 2.75) is 18.9 Å². The molecule has 1 aromatic rings. The number of rotatable bonds is 5. The minimum absolute atomic E-state index is 0.294. The maximum absolute atomic E-state index is 10.3. The summed E-state index contributed by atoms with van der Waals surface area (Å²) in [5.41, 5.74) is 2.23. The van der Waals surface area contributed by atoms with Crippen LogP contribution in [0.1, 0.15) is 18.4 Å². The van der Waals surface area contributed by atoms with Crippen molar-refractivity contribution in [3.8, 4) is 0 Å². The summed E-state index contributed by atoms with van der Waals surface area (Å²) >= 11 is 0. The molecule has 0 aliphatic heterocycles. The second-order valence-electron chi connectivity index (χ2n) is 5.07. The van der Waals surface area contributed by atoms with E-state index >= 15 is 0 Å². The van der Waals surface area contributed by atoms with Gasteiger partial charge in [0.05, 0.1) is 6.10 Å². The Labute approximate surface area is 104 Å². The molecule has 1 aliphatic rings. The second kappa shape index (κ2) is 5.48. The minimum atomic E-state index is -0.294. The highest BCUT2D eigenvalue weighted by molar-refractivity contribution is 5.69. The van der Waals surface area contributed by atoms with Gasteiger partial charge in [0.25, 0.3) is 0 Å². The van der Waals surface area contributed by atoms with Crippen LogP contribution in [0.2, 0.25) is 0 Å². The first-order valence-electron chi connectivity index (χ1n) is 6.26. The number of aliphatic hydroxyl groups excluding tert-OH is 1. The fourth-order valence-electron chi connectivity index (χ4n) is 1.99.